The van der Waals surface area contributed by atoms with Gasteiger partial charge >= 0.3 is 5.97 Å². The summed E-state index contributed by atoms with van der Waals surface area (Å²) in [5, 5.41) is 34.5. The third-order valence-electron chi connectivity index (χ3n) is 5.83. The number of aliphatic hydroxyl groups is 3. The molecule has 1 aromatic carbocycles. The quantitative estimate of drug-likeness (QED) is 0.409. The lowest BCUT2D eigenvalue weighted by Gasteiger charge is -2.41. The van der Waals surface area contributed by atoms with Crippen molar-refractivity contribution in [3.05, 3.63) is 23.8 Å². The minimum atomic E-state index is -1.63. The van der Waals surface area contributed by atoms with E-state index in [1.54, 1.807) is 30.0 Å². The Balaban J connectivity index is 1.79. The molecule has 33 heavy (non-hydrogen) atoms. The molecule has 0 bridgehead atoms. The summed E-state index contributed by atoms with van der Waals surface area (Å²) in [7, 11) is 0. The smallest absolute Gasteiger partial charge is 0.305 e. The van der Waals surface area contributed by atoms with Gasteiger partial charge in [-0.25, -0.2) is 0 Å². The molecule has 0 radical (unpaired) electrons. The molecule has 1 aromatic rings. The third kappa shape index (κ3) is 6.14. The topological polar surface area (TPSA) is 138 Å². The van der Waals surface area contributed by atoms with Crippen LogP contribution in [0.2, 0.25) is 0 Å². The molecule has 2 heterocycles. The Labute approximate surface area is 193 Å². The average Bonchev–Trinajstić information content (AvgIpc) is 2.84. The summed E-state index contributed by atoms with van der Waals surface area (Å²) in [4.78, 5) is 26.0. The van der Waals surface area contributed by atoms with Crippen LogP contribution in [-0.2, 0) is 25.7 Å². The van der Waals surface area contributed by atoms with Crippen LogP contribution in [0.15, 0.2) is 18.2 Å². The maximum atomic E-state index is 12.9. The fourth-order valence-electron chi connectivity index (χ4n) is 3.93. The summed E-state index contributed by atoms with van der Waals surface area (Å²) in [5.41, 5.74) is 1.25. The number of carbonyl (C=O) groups is 2. The number of nitrogens with one attached hydrogen (secondary N) is 1. The second-order valence-corrected chi connectivity index (χ2v) is 8.28. The highest BCUT2D eigenvalue weighted by molar-refractivity contribution is 5.82. The van der Waals surface area contributed by atoms with E-state index < -0.39 is 36.6 Å². The van der Waals surface area contributed by atoms with Crippen molar-refractivity contribution < 1.29 is 39.1 Å². The Morgan fingerprint density at radius 1 is 1.09 bits per heavy atom. The highest BCUT2D eigenvalue weighted by Crippen LogP contribution is 2.31. The lowest BCUT2D eigenvalue weighted by atomic mass is 9.97. The molecule has 5 atom stereocenters. The summed E-state index contributed by atoms with van der Waals surface area (Å²) < 4.78 is 16.8. The van der Waals surface area contributed by atoms with Crippen LogP contribution in [0, 0.1) is 0 Å². The van der Waals surface area contributed by atoms with Gasteiger partial charge in [0.25, 0.3) is 5.91 Å². The minimum Gasteiger partial charge on any atom is -0.461 e. The van der Waals surface area contributed by atoms with Crippen molar-refractivity contribution in [3.8, 4) is 5.75 Å². The van der Waals surface area contributed by atoms with Crippen molar-refractivity contribution in [2.45, 2.75) is 76.8 Å². The number of carbonyl (C=O) groups excluding carboxylic acids is 2. The van der Waals surface area contributed by atoms with Gasteiger partial charge in [-0.05, 0) is 43.9 Å². The van der Waals surface area contributed by atoms with Crippen molar-refractivity contribution in [1.29, 1.82) is 0 Å². The van der Waals surface area contributed by atoms with E-state index >= 15 is 0 Å². The molecule has 10 nitrogen and oxygen atoms in total. The molecule has 2 fully saturated rings. The van der Waals surface area contributed by atoms with Gasteiger partial charge in [0, 0.05) is 26.1 Å². The number of ether oxygens (including phenoxy) is 3. The normalized spacial score (nSPS) is 27.7. The molecule has 184 valence electrons. The molecule has 10 heteroatoms. The zero-order chi connectivity index (χ0) is 24.0. The molecule has 2 aliphatic heterocycles. The lowest BCUT2D eigenvalue weighted by molar-refractivity contribution is -0.269. The lowest BCUT2D eigenvalue weighted by Crippen LogP contribution is -2.63. The van der Waals surface area contributed by atoms with Crippen molar-refractivity contribution in [2.75, 3.05) is 25.0 Å². The van der Waals surface area contributed by atoms with E-state index in [2.05, 4.69) is 5.32 Å². The van der Waals surface area contributed by atoms with Gasteiger partial charge in [0.2, 0.25) is 6.29 Å². The van der Waals surface area contributed by atoms with E-state index in [1.807, 2.05) is 6.92 Å². The van der Waals surface area contributed by atoms with Crippen LogP contribution in [0.5, 0.6) is 5.75 Å². The number of amides is 1. The summed E-state index contributed by atoms with van der Waals surface area (Å²) in [6.07, 6.45) is -4.53. The number of hydrogen-bond donors (Lipinski definition) is 4. The Hall–Kier alpha value is -2.40. The molecular formula is C23H34N2O8. The molecule has 2 aliphatic rings. The maximum absolute atomic E-state index is 12.9. The number of benzene rings is 1. The minimum absolute atomic E-state index is 0.0426. The fourth-order valence-corrected chi connectivity index (χ4v) is 3.93. The SMILES string of the molecule is CCNc1ccc(COC(=O)CC)cc1O[C@@H]1O[C@H](C(=O)N2CCCCC2)[C@@H](O)[C@H](O)[C@H]1O. The molecule has 0 aromatic heterocycles. The molecule has 0 saturated carbocycles. The maximum Gasteiger partial charge on any atom is 0.305 e. The van der Waals surface area contributed by atoms with Crippen LogP contribution in [0.1, 0.15) is 45.1 Å². The molecule has 1 amide bonds. The van der Waals surface area contributed by atoms with Crippen molar-refractivity contribution in [3.63, 3.8) is 0 Å². The van der Waals surface area contributed by atoms with E-state index in [-0.39, 0.29) is 19.0 Å². The average molecular weight is 467 g/mol. The highest BCUT2D eigenvalue weighted by Gasteiger charge is 2.49. The molecule has 4 N–H and O–H groups in total. The highest BCUT2D eigenvalue weighted by atomic mass is 16.7. The Morgan fingerprint density at radius 2 is 1.82 bits per heavy atom. The van der Waals surface area contributed by atoms with Crippen LogP contribution < -0.4 is 10.1 Å². The number of esters is 1. The van der Waals surface area contributed by atoms with E-state index in [4.69, 9.17) is 14.2 Å². The monoisotopic (exact) mass is 466 g/mol. The number of rotatable bonds is 8. The van der Waals surface area contributed by atoms with Gasteiger partial charge in [-0.15, -0.1) is 0 Å². The Morgan fingerprint density at radius 3 is 2.48 bits per heavy atom. The summed E-state index contributed by atoms with van der Waals surface area (Å²) in [5.74, 6) is -0.483. The zero-order valence-electron chi connectivity index (χ0n) is 19.1. The molecule has 3 rings (SSSR count). The second kappa shape index (κ2) is 11.6. The van der Waals surface area contributed by atoms with Gasteiger partial charge in [-0.1, -0.05) is 13.0 Å². The van der Waals surface area contributed by atoms with Crippen LogP contribution in [0.4, 0.5) is 5.69 Å². The summed E-state index contributed by atoms with van der Waals surface area (Å²) in [6, 6.07) is 5.15. The summed E-state index contributed by atoms with van der Waals surface area (Å²) in [6.45, 7) is 5.35. The first-order chi connectivity index (χ1) is 15.8. The van der Waals surface area contributed by atoms with Gasteiger partial charge in [0.15, 0.2) is 6.10 Å². The number of nitrogens with zero attached hydrogens (tertiary/aromatic N) is 1. The second-order valence-electron chi connectivity index (χ2n) is 8.28. The number of piperidine rings is 1. The van der Waals surface area contributed by atoms with Gasteiger partial charge in [0.05, 0.1) is 5.69 Å². The van der Waals surface area contributed by atoms with Crippen LogP contribution in [0.3, 0.4) is 0 Å². The van der Waals surface area contributed by atoms with Crippen molar-refractivity contribution >= 4 is 17.6 Å². The number of hydrogen-bond acceptors (Lipinski definition) is 9. The van der Waals surface area contributed by atoms with Gasteiger partial charge in [-0.3, -0.25) is 9.59 Å². The van der Waals surface area contributed by atoms with Crippen molar-refractivity contribution in [2.24, 2.45) is 0 Å². The van der Waals surface area contributed by atoms with Gasteiger partial charge < -0.3 is 39.7 Å². The van der Waals surface area contributed by atoms with E-state index in [0.717, 1.165) is 19.3 Å². The predicted octanol–water partition coefficient (Wildman–Crippen LogP) is 0.770. The largest absolute Gasteiger partial charge is 0.461 e. The zero-order valence-corrected chi connectivity index (χ0v) is 19.1. The van der Waals surface area contributed by atoms with Gasteiger partial charge in [0.1, 0.15) is 30.7 Å². The molecular weight excluding hydrogens is 432 g/mol. The van der Waals surface area contributed by atoms with Crippen LogP contribution in [-0.4, -0.2) is 82.4 Å². The first-order valence-electron chi connectivity index (χ1n) is 11.5. The molecule has 0 aliphatic carbocycles. The molecule has 0 spiro atoms. The number of aliphatic hydroxyl groups excluding tert-OH is 3. The predicted molar refractivity (Wildman–Crippen MR) is 118 cm³/mol. The molecule has 0 unspecified atom stereocenters. The first kappa shape index (κ1) is 25.2. The first-order valence-corrected chi connectivity index (χ1v) is 11.5. The third-order valence-corrected chi connectivity index (χ3v) is 5.83. The summed E-state index contributed by atoms with van der Waals surface area (Å²) >= 11 is 0. The van der Waals surface area contributed by atoms with Gasteiger partial charge in [-0.2, -0.15) is 0 Å². The Kier molecular flexibility index (Phi) is 8.90. The Bertz CT molecular complexity index is 814. The number of likely N-dealkylation sites (tertiary alicyclic amines) is 1. The van der Waals surface area contributed by atoms with E-state index in [0.29, 0.717) is 36.6 Å². The molecule has 2 saturated heterocycles. The standard InChI is InChI=1S/C23H34N2O8/c1-3-17(26)31-13-14-8-9-15(24-4-2)16(12-14)32-23-20(29)18(27)19(28)21(33-23)22(30)25-10-6-5-7-11-25/h8-9,12,18-21,23-24,27-29H,3-7,10-11,13H2,1-2H3/t18-,19-,20+,21-,23+/m0/s1. The van der Waals surface area contributed by atoms with E-state index in [1.165, 1.54) is 0 Å². The number of anilines is 1. The van der Waals surface area contributed by atoms with Crippen LogP contribution in [0.25, 0.3) is 0 Å². The fraction of sp³-hybridized carbons (Fsp3) is 0.652. The van der Waals surface area contributed by atoms with E-state index in [9.17, 15) is 24.9 Å². The van der Waals surface area contributed by atoms with Crippen LogP contribution >= 0.6 is 0 Å². The van der Waals surface area contributed by atoms with Crippen molar-refractivity contribution in [1.82, 2.24) is 4.90 Å².